The maximum absolute atomic E-state index is 6.09. The molecule has 0 radical (unpaired) electrons. The van der Waals surface area contributed by atoms with E-state index in [1.54, 1.807) is 0 Å². The predicted octanol–water partition coefficient (Wildman–Crippen LogP) is 3.99. The van der Waals surface area contributed by atoms with E-state index in [1.165, 1.54) is 25.7 Å². The van der Waals surface area contributed by atoms with Crippen molar-refractivity contribution in [2.45, 2.75) is 59.0 Å². The van der Waals surface area contributed by atoms with Gasteiger partial charge in [-0.25, -0.2) is 0 Å². The number of ether oxygens (including phenoxy) is 1. The Morgan fingerprint density at radius 1 is 1.29 bits per heavy atom. The van der Waals surface area contributed by atoms with Crippen LogP contribution in [0.3, 0.4) is 0 Å². The van der Waals surface area contributed by atoms with E-state index in [9.17, 15) is 0 Å². The molecule has 2 heteroatoms. The summed E-state index contributed by atoms with van der Waals surface area (Å²) in [5.41, 5.74) is 1.36. The Morgan fingerprint density at radius 3 is 2.65 bits per heavy atom. The van der Waals surface area contributed by atoms with E-state index in [1.807, 2.05) is 12.3 Å². The van der Waals surface area contributed by atoms with Crippen LogP contribution in [-0.2, 0) is 6.42 Å². The minimum atomic E-state index is 0.252. The molecule has 1 fully saturated rings. The van der Waals surface area contributed by atoms with Crippen molar-refractivity contribution < 1.29 is 4.74 Å². The average Bonchev–Trinajstić information content (AvgIpc) is 2.71. The van der Waals surface area contributed by atoms with Crippen molar-refractivity contribution in [1.29, 1.82) is 0 Å². The van der Waals surface area contributed by atoms with E-state index in [0.29, 0.717) is 6.10 Å². The number of hydrogen-bond acceptors (Lipinski definition) is 2. The Morgan fingerprint density at radius 2 is 2.00 bits per heavy atom. The first-order chi connectivity index (χ1) is 8.04. The van der Waals surface area contributed by atoms with Gasteiger partial charge in [0.25, 0.3) is 0 Å². The van der Waals surface area contributed by atoms with Crippen LogP contribution in [0.5, 0.6) is 5.75 Å². The van der Waals surface area contributed by atoms with Crippen LogP contribution >= 0.6 is 0 Å². The Bertz CT molecular complexity index is 361. The van der Waals surface area contributed by atoms with Gasteiger partial charge in [-0.05, 0) is 49.7 Å². The zero-order valence-electron chi connectivity index (χ0n) is 11.2. The fourth-order valence-electron chi connectivity index (χ4n) is 2.35. The summed E-state index contributed by atoms with van der Waals surface area (Å²) in [6.45, 7) is 6.71. The number of rotatable bonds is 3. The van der Waals surface area contributed by atoms with E-state index in [2.05, 4.69) is 31.8 Å². The van der Waals surface area contributed by atoms with E-state index in [0.717, 1.165) is 17.9 Å². The lowest BCUT2D eigenvalue weighted by Gasteiger charge is -2.21. The highest BCUT2D eigenvalue weighted by atomic mass is 16.5. The fourth-order valence-corrected chi connectivity index (χ4v) is 2.35. The topological polar surface area (TPSA) is 22.1 Å². The van der Waals surface area contributed by atoms with Crippen molar-refractivity contribution in [2.75, 3.05) is 0 Å². The highest BCUT2D eigenvalue weighted by molar-refractivity contribution is 5.28. The monoisotopic (exact) mass is 233 g/mol. The van der Waals surface area contributed by atoms with Gasteiger partial charge >= 0.3 is 0 Å². The summed E-state index contributed by atoms with van der Waals surface area (Å²) in [5.74, 6) is 0.995. The first-order valence-electron chi connectivity index (χ1n) is 6.65. The molecule has 0 amide bonds. The van der Waals surface area contributed by atoms with Gasteiger partial charge in [0.1, 0.15) is 5.75 Å². The van der Waals surface area contributed by atoms with Crippen LogP contribution < -0.4 is 4.74 Å². The lowest BCUT2D eigenvalue weighted by molar-refractivity contribution is 0.204. The standard InChI is InChI=1S/C15H23NO/c1-15(2,3)11-13-14(9-6-10-16-13)17-12-7-4-5-8-12/h6,9-10,12H,4-5,7-8,11H2,1-3H3. The molecule has 2 rings (SSSR count). The molecule has 0 aromatic carbocycles. The van der Waals surface area contributed by atoms with E-state index < -0.39 is 0 Å². The van der Waals surface area contributed by atoms with Gasteiger partial charge in [-0.3, -0.25) is 4.98 Å². The summed E-state index contributed by atoms with van der Waals surface area (Å²) in [6.07, 6.45) is 8.25. The Hall–Kier alpha value is -1.05. The van der Waals surface area contributed by atoms with Crippen molar-refractivity contribution in [3.63, 3.8) is 0 Å². The highest BCUT2D eigenvalue weighted by Crippen LogP contribution is 2.29. The SMILES string of the molecule is CC(C)(C)Cc1ncccc1OC1CCCC1. The third kappa shape index (κ3) is 3.72. The molecule has 94 valence electrons. The molecule has 0 N–H and O–H groups in total. The van der Waals surface area contributed by atoms with Gasteiger partial charge in [0.2, 0.25) is 0 Å². The van der Waals surface area contributed by atoms with Crippen molar-refractivity contribution in [3.05, 3.63) is 24.0 Å². The summed E-state index contributed by atoms with van der Waals surface area (Å²) in [6, 6.07) is 4.03. The van der Waals surface area contributed by atoms with Crippen LogP contribution in [0.25, 0.3) is 0 Å². The van der Waals surface area contributed by atoms with Gasteiger partial charge < -0.3 is 4.74 Å². The predicted molar refractivity (Wildman–Crippen MR) is 70.3 cm³/mol. The molecule has 0 spiro atoms. The molecule has 1 aromatic heterocycles. The molecule has 0 bridgehead atoms. The molecule has 1 aliphatic carbocycles. The third-order valence-corrected chi connectivity index (χ3v) is 3.14. The summed E-state index contributed by atoms with van der Waals surface area (Å²) in [7, 11) is 0. The second kappa shape index (κ2) is 5.07. The van der Waals surface area contributed by atoms with Crippen LogP contribution in [0.2, 0.25) is 0 Å². The molecule has 17 heavy (non-hydrogen) atoms. The lowest BCUT2D eigenvalue weighted by Crippen LogP contribution is -2.16. The van der Waals surface area contributed by atoms with Crippen molar-refractivity contribution in [2.24, 2.45) is 5.41 Å². The summed E-state index contributed by atoms with van der Waals surface area (Å²) >= 11 is 0. The van der Waals surface area contributed by atoms with Crippen LogP contribution in [0.1, 0.15) is 52.1 Å². The number of hydrogen-bond donors (Lipinski definition) is 0. The molecule has 2 nitrogen and oxygen atoms in total. The van der Waals surface area contributed by atoms with Gasteiger partial charge in [-0.2, -0.15) is 0 Å². The van der Waals surface area contributed by atoms with Crippen LogP contribution in [-0.4, -0.2) is 11.1 Å². The Kier molecular flexibility index (Phi) is 3.70. The maximum atomic E-state index is 6.09. The zero-order chi connectivity index (χ0) is 12.3. The quantitative estimate of drug-likeness (QED) is 0.787. The smallest absolute Gasteiger partial charge is 0.141 e. The molecular weight excluding hydrogens is 210 g/mol. The van der Waals surface area contributed by atoms with E-state index >= 15 is 0 Å². The largest absolute Gasteiger partial charge is 0.489 e. The van der Waals surface area contributed by atoms with Gasteiger partial charge in [0, 0.05) is 6.20 Å². The number of nitrogens with zero attached hydrogens (tertiary/aromatic N) is 1. The van der Waals surface area contributed by atoms with E-state index in [-0.39, 0.29) is 5.41 Å². The van der Waals surface area contributed by atoms with Crippen LogP contribution in [0.15, 0.2) is 18.3 Å². The van der Waals surface area contributed by atoms with Crippen molar-refractivity contribution in [3.8, 4) is 5.75 Å². The van der Waals surface area contributed by atoms with Gasteiger partial charge in [-0.15, -0.1) is 0 Å². The van der Waals surface area contributed by atoms with Gasteiger partial charge in [0.05, 0.1) is 11.8 Å². The number of aromatic nitrogens is 1. The minimum absolute atomic E-state index is 0.252. The van der Waals surface area contributed by atoms with Gasteiger partial charge in [-0.1, -0.05) is 20.8 Å². The van der Waals surface area contributed by atoms with Crippen molar-refractivity contribution >= 4 is 0 Å². The fraction of sp³-hybridized carbons (Fsp3) is 0.667. The second-order valence-electron chi connectivity index (χ2n) is 6.21. The number of pyridine rings is 1. The second-order valence-corrected chi connectivity index (χ2v) is 6.21. The molecule has 0 unspecified atom stereocenters. The third-order valence-electron chi connectivity index (χ3n) is 3.14. The summed E-state index contributed by atoms with van der Waals surface area (Å²) in [5, 5.41) is 0. The molecule has 0 saturated heterocycles. The summed E-state index contributed by atoms with van der Waals surface area (Å²) < 4.78 is 6.09. The molecule has 0 atom stereocenters. The molecule has 1 aliphatic rings. The van der Waals surface area contributed by atoms with Crippen molar-refractivity contribution in [1.82, 2.24) is 4.98 Å². The first kappa shape index (κ1) is 12.4. The van der Waals surface area contributed by atoms with Crippen LogP contribution in [0.4, 0.5) is 0 Å². The highest BCUT2D eigenvalue weighted by Gasteiger charge is 2.20. The Balaban J connectivity index is 2.09. The molecule has 1 aromatic rings. The summed E-state index contributed by atoms with van der Waals surface area (Å²) in [4.78, 5) is 4.48. The average molecular weight is 233 g/mol. The minimum Gasteiger partial charge on any atom is -0.489 e. The molecular formula is C15H23NO. The molecule has 1 heterocycles. The maximum Gasteiger partial charge on any atom is 0.141 e. The Labute approximate surface area is 104 Å². The zero-order valence-corrected chi connectivity index (χ0v) is 11.2. The molecule has 0 aliphatic heterocycles. The normalized spacial score (nSPS) is 17.4. The van der Waals surface area contributed by atoms with Gasteiger partial charge in [0.15, 0.2) is 0 Å². The van der Waals surface area contributed by atoms with E-state index in [4.69, 9.17) is 4.74 Å². The first-order valence-corrected chi connectivity index (χ1v) is 6.65. The molecule has 1 saturated carbocycles. The van der Waals surface area contributed by atoms with Crippen LogP contribution in [0, 0.1) is 5.41 Å². The lowest BCUT2D eigenvalue weighted by atomic mass is 9.90.